The van der Waals surface area contributed by atoms with E-state index in [1.165, 1.54) is 11.6 Å². The molecule has 0 N–H and O–H groups in total. The third-order valence-electron chi connectivity index (χ3n) is 7.66. The zero-order chi connectivity index (χ0) is 26.3. The summed E-state index contributed by atoms with van der Waals surface area (Å²) in [4.78, 5) is 32.0. The zero-order valence-electron chi connectivity index (χ0n) is 21.4. The van der Waals surface area contributed by atoms with Crippen LogP contribution in [0.3, 0.4) is 0 Å². The first kappa shape index (κ1) is 25.7. The number of rotatable bonds is 4. The Morgan fingerprint density at radius 2 is 1.70 bits per heavy atom. The number of anilines is 1. The molecule has 37 heavy (non-hydrogen) atoms. The molecule has 2 aromatic carbocycles. The third-order valence-corrected chi connectivity index (χ3v) is 7.92. The van der Waals surface area contributed by atoms with Crippen molar-refractivity contribution < 1.29 is 18.7 Å². The van der Waals surface area contributed by atoms with E-state index in [0.717, 1.165) is 41.5 Å². The molecule has 0 saturated heterocycles. The van der Waals surface area contributed by atoms with Gasteiger partial charge in [-0.3, -0.25) is 9.78 Å². The van der Waals surface area contributed by atoms with Gasteiger partial charge in [0.1, 0.15) is 11.4 Å². The number of hydrogen-bond donors (Lipinski definition) is 0. The van der Waals surface area contributed by atoms with Gasteiger partial charge >= 0.3 is 6.09 Å². The normalized spacial score (nSPS) is 23.2. The Kier molecular flexibility index (Phi) is 6.97. The van der Waals surface area contributed by atoms with Crippen molar-refractivity contribution in [2.45, 2.75) is 64.4 Å². The molecule has 5 nitrogen and oxygen atoms in total. The highest BCUT2D eigenvalue weighted by Gasteiger charge is 2.43. The monoisotopic (exact) mass is 522 g/mol. The van der Waals surface area contributed by atoms with Gasteiger partial charge in [-0.15, -0.1) is 0 Å². The number of carbonyl (C=O) groups is 2. The molecule has 2 aliphatic carbocycles. The number of fused-ring (bicyclic) bond motifs is 2. The van der Waals surface area contributed by atoms with Gasteiger partial charge in [-0.2, -0.15) is 0 Å². The molecule has 194 valence electrons. The lowest BCUT2D eigenvalue weighted by molar-refractivity contribution is -0.119. The van der Waals surface area contributed by atoms with Crippen LogP contribution in [0.15, 0.2) is 54.7 Å². The second-order valence-corrected chi connectivity index (χ2v) is 11.9. The van der Waals surface area contributed by atoms with Crippen LogP contribution in [0.1, 0.15) is 64.4 Å². The van der Waals surface area contributed by atoms with Crippen molar-refractivity contribution >= 4 is 40.2 Å². The summed E-state index contributed by atoms with van der Waals surface area (Å²) in [7, 11) is 0. The van der Waals surface area contributed by atoms with E-state index in [2.05, 4.69) is 4.98 Å². The first-order valence-corrected chi connectivity index (χ1v) is 13.3. The molecule has 0 aliphatic heterocycles. The van der Waals surface area contributed by atoms with Crippen LogP contribution >= 0.6 is 11.6 Å². The summed E-state index contributed by atoms with van der Waals surface area (Å²) in [5.74, 6) is 1.12. The number of ether oxygens (including phenoxy) is 1. The lowest BCUT2D eigenvalue weighted by Crippen LogP contribution is -2.41. The van der Waals surface area contributed by atoms with Gasteiger partial charge in [0, 0.05) is 23.0 Å². The maximum atomic E-state index is 14.0. The summed E-state index contributed by atoms with van der Waals surface area (Å²) >= 11 is 6.03. The Balaban J connectivity index is 1.27. The molecule has 0 bridgehead atoms. The Hall–Kier alpha value is -2.99. The van der Waals surface area contributed by atoms with Crippen LogP contribution in [0.4, 0.5) is 14.9 Å². The maximum absolute atomic E-state index is 14.0. The van der Waals surface area contributed by atoms with E-state index in [-0.39, 0.29) is 17.6 Å². The average Bonchev–Trinajstić information content (AvgIpc) is 3.37. The quantitative estimate of drug-likeness (QED) is 0.349. The predicted octanol–water partition coefficient (Wildman–Crippen LogP) is 7.91. The van der Waals surface area contributed by atoms with E-state index < -0.39 is 11.7 Å². The van der Waals surface area contributed by atoms with Gasteiger partial charge in [0.2, 0.25) is 5.91 Å². The summed E-state index contributed by atoms with van der Waals surface area (Å²) in [5.41, 5.74) is 1.73. The first-order valence-electron chi connectivity index (χ1n) is 12.9. The Morgan fingerprint density at radius 3 is 2.35 bits per heavy atom. The number of aromatic nitrogens is 1. The van der Waals surface area contributed by atoms with Crippen molar-refractivity contribution in [2.75, 3.05) is 4.90 Å². The summed E-state index contributed by atoms with van der Waals surface area (Å²) in [6.45, 7) is 5.35. The molecule has 3 aromatic rings. The van der Waals surface area contributed by atoms with Crippen molar-refractivity contribution in [1.29, 1.82) is 0 Å². The summed E-state index contributed by atoms with van der Waals surface area (Å²) < 4.78 is 19.5. The van der Waals surface area contributed by atoms with Crippen LogP contribution in [0, 0.1) is 23.6 Å². The minimum atomic E-state index is -0.721. The number of imide groups is 1. The average molecular weight is 523 g/mol. The van der Waals surface area contributed by atoms with Gasteiger partial charge in [0.25, 0.3) is 0 Å². The molecule has 1 aromatic heterocycles. The molecule has 1 heterocycles. The standard InChI is InChI=1S/C30H32ClFN2O3/c1-30(2,3)37-29(36)34(24-7-4-22(31)5-8-24)28(35)14-18-12-19-15-21(16-20(19)13-18)25-10-11-33-27-9-6-23(32)17-26(25)27/h4-11,17-21H,12-16H2,1-3H3/t18?,19-,20+,21?. The van der Waals surface area contributed by atoms with Crippen LogP contribution in [0.25, 0.3) is 10.9 Å². The number of nitrogens with zero attached hydrogens (tertiary/aromatic N) is 2. The molecule has 4 atom stereocenters. The van der Waals surface area contributed by atoms with E-state index in [9.17, 15) is 14.0 Å². The van der Waals surface area contributed by atoms with E-state index in [0.29, 0.717) is 34.9 Å². The minimum absolute atomic E-state index is 0.215. The topological polar surface area (TPSA) is 59.5 Å². The molecule has 2 amide bonds. The van der Waals surface area contributed by atoms with E-state index in [1.807, 2.05) is 12.3 Å². The van der Waals surface area contributed by atoms with Crippen molar-refractivity contribution in [3.05, 3.63) is 71.1 Å². The van der Waals surface area contributed by atoms with Crippen molar-refractivity contribution in [3.8, 4) is 0 Å². The summed E-state index contributed by atoms with van der Waals surface area (Å²) in [6, 6.07) is 13.5. The Bertz CT molecular complexity index is 1310. The second kappa shape index (κ2) is 10.1. The molecule has 2 saturated carbocycles. The minimum Gasteiger partial charge on any atom is -0.443 e. The van der Waals surface area contributed by atoms with Gasteiger partial charge in [-0.25, -0.2) is 14.1 Å². The Labute approximate surface area is 222 Å². The van der Waals surface area contributed by atoms with Crippen LogP contribution < -0.4 is 4.90 Å². The van der Waals surface area contributed by atoms with Gasteiger partial charge in [-0.05, 0) is 124 Å². The lowest BCUT2D eigenvalue weighted by atomic mass is 9.89. The third kappa shape index (κ3) is 5.64. The summed E-state index contributed by atoms with van der Waals surface area (Å²) in [6.07, 6.45) is 5.39. The molecule has 2 aliphatic rings. The highest BCUT2D eigenvalue weighted by molar-refractivity contribution is 6.30. The Morgan fingerprint density at radius 1 is 1.03 bits per heavy atom. The molecular weight excluding hydrogens is 491 g/mol. The van der Waals surface area contributed by atoms with E-state index in [1.54, 1.807) is 57.2 Å². The maximum Gasteiger partial charge on any atom is 0.421 e. The highest BCUT2D eigenvalue weighted by atomic mass is 35.5. The molecule has 7 heteroatoms. The highest BCUT2D eigenvalue weighted by Crippen LogP contribution is 2.54. The smallest absolute Gasteiger partial charge is 0.421 e. The second-order valence-electron chi connectivity index (χ2n) is 11.5. The molecule has 0 spiro atoms. The molecular formula is C30H32ClFN2O3. The number of hydrogen-bond acceptors (Lipinski definition) is 4. The van der Waals surface area contributed by atoms with Crippen LogP contribution in [-0.2, 0) is 9.53 Å². The fourth-order valence-electron chi connectivity index (χ4n) is 6.25. The zero-order valence-corrected chi connectivity index (χ0v) is 22.2. The van der Waals surface area contributed by atoms with Gasteiger partial charge in [0.15, 0.2) is 0 Å². The molecule has 2 fully saturated rings. The first-order chi connectivity index (χ1) is 17.6. The fraction of sp³-hybridized carbons (Fsp3) is 0.433. The van der Waals surface area contributed by atoms with Crippen LogP contribution in [-0.4, -0.2) is 22.6 Å². The number of amides is 2. The largest absolute Gasteiger partial charge is 0.443 e. The van der Waals surface area contributed by atoms with Gasteiger partial charge in [0.05, 0.1) is 11.2 Å². The van der Waals surface area contributed by atoms with E-state index >= 15 is 0 Å². The van der Waals surface area contributed by atoms with Crippen LogP contribution in [0.5, 0.6) is 0 Å². The molecule has 5 rings (SSSR count). The summed E-state index contributed by atoms with van der Waals surface area (Å²) in [5, 5.41) is 1.43. The van der Waals surface area contributed by atoms with Gasteiger partial charge in [-0.1, -0.05) is 11.6 Å². The van der Waals surface area contributed by atoms with Crippen LogP contribution in [0.2, 0.25) is 5.02 Å². The number of benzene rings is 2. The predicted molar refractivity (Wildman–Crippen MR) is 143 cm³/mol. The fourth-order valence-corrected chi connectivity index (χ4v) is 6.37. The van der Waals surface area contributed by atoms with Gasteiger partial charge < -0.3 is 4.74 Å². The number of halogens is 2. The molecule has 0 radical (unpaired) electrons. The number of carbonyl (C=O) groups excluding carboxylic acids is 2. The lowest BCUT2D eigenvalue weighted by Gasteiger charge is -2.27. The SMILES string of the molecule is CC(C)(C)OC(=O)N(C(=O)CC1C[C@@H]2CC(c3ccnc4ccc(F)cc34)C[C@@H]2C1)c1ccc(Cl)cc1. The van der Waals surface area contributed by atoms with Crippen molar-refractivity contribution in [1.82, 2.24) is 4.98 Å². The van der Waals surface area contributed by atoms with E-state index in [4.69, 9.17) is 16.3 Å². The van der Waals surface area contributed by atoms with Crippen molar-refractivity contribution in [3.63, 3.8) is 0 Å². The van der Waals surface area contributed by atoms with Crippen molar-refractivity contribution in [2.24, 2.45) is 17.8 Å². The molecule has 2 unspecified atom stereocenters. The number of pyridine rings is 1.